The number of benzene rings is 2. The second kappa shape index (κ2) is 21.1. The van der Waals surface area contributed by atoms with Crippen molar-refractivity contribution in [3.05, 3.63) is 52.9 Å². The van der Waals surface area contributed by atoms with Gasteiger partial charge in [-0.25, -0.2) is 9.79 Å². The van der Waals surface area contributed by atoms with Crippen LogP contribution in [0.1, 0.15) is 76.2 Å². The molecule has 0 saturated carbocycles. The van der Waals surface area contributed by atoms with Crippen molar-refractivity contribution in [3.8, 4) is 11.1 Å². The van der Waals surface area contributed by atoms with Gasteiger partial charge in [0.25, 0.3) is 0 Å². The molecule has 2 amide bonds. The average Bonchev–Trinajstić information content (AvgIpc) is 3.47. The molecule has 284 valence electrons. The maximum Gasteiger partial charge on any atom is 0.319 e. The molecule has 0 bridgehead atoms. The van der Waals surface area contributed by atoms with E-state index in [0.29, 0.717) is 37.6 Å². The molecule has 0 aliphatic rings. The second-order valence-corrected chi connectivity index (χ2v) is 16.2. The van der Waals surface area contributed by atoms with E-state index >= 15 is 0 Å². The van der Waals surface area contributed by atoms with Crippen molar-refractivity contribution >= 4 is 70.0 Å². The Morgan fingerprint density at radius 3 is 2.54 bits per heavy atom. The summed E-state index contributed by atoms with van der Waals surface area (Å²) in [5.74, 6) is -0.790. The minimum Gasteiger partial charge on any atom is -0.481 e. The van der Waals surface area contributed by atoms with Gasteiger partial charge in [-0.15, -0.1) is 23.1 Å². The zero-order valence-corrected chi connectivity index (χ0v) is 33.1. The molecule has 1 heterocycles. The van der Waals surface area contributed by atoms with E-state index in [1.54, 1.807) is 29.6 Å². The molecule has 0 radical (unpaired) electrons. The monoisotopic (exact) mass is 771 g/mol. The SMILES string of the molecule is CSc1sc(C(=N)N)cc1Sc1cccc(-c2c(C)cc(N=C(N)N)cc2NC(=O)NCCCC(C)OCCC(C)(C)OCCCCCC(=O)O)c1. The summed E-state index contributed by atoms with van der Waals surface area (Å²) >= 11 is 4.73. The number of anilines is 1. The van der Waals surface area contributed by atoms with Crippen molar-refractivity contribution < 1.29 is 24.2 Å². The predicted molar refractivity (Wildman–Crippen MR) is 216 cm³/mol. The van der Waals surface area contributed by atoms with Gasteiger partial charge in [-0.2, -0.15) is 0 Å². The lowest BCUT2D eigenvalue weighted by molar-refractivity contribution is -0.137. The van der Waals surface area contributed by atoms with E-state index < -0.39 is 5.97 Å². The van der Waals surface area contributed by atoms with Gasteiger partial charge in [-0.05, 0) is 108 Å². The topological polar surface area (TPSA) is 211 Å². The van der Waals surface area contributed by atoms with Crippen molar-refractivity contribution in [1.29, 1.82) is 5.41 Å². The molecule has 0 fully saturated rings. The number of amidine groups is 1. The van der Waals surface area contributed by atoms with E-state index in [1.165, 1.54) is 11.3 Å². The molecule has 0 aliphatic carbocycles. The number of aliphatic imine (C=N–C) groups is 1. The number of guanidine groups is 1. The number of rotatable bonds is 22. The standard InChI is InChI=1S/C37H53N7O5S3/c1-23-19-26(43-35(40)41)21-28(32(23)25-12-9-13-27(20-25)51-30-22-29(33(38)39)52-34(30)50-5)44-36(47)42-16-10-11-24(2)48-18-15-37(3,4)49-17-8-6-7-14-31(45)46/h9,12-13,19-22,24H,6-8,10-11,14-18H2,1-5H3,(H3,38,39)(H,45,46)(H4,40,41,43)(H2,42,44,47). The largest absolute Gasteiger partial charge is 0.481 e. The summed E-state index contributed by atoms with van der Waals surface area (Å²) in [4.78, 5) is 30.8. The number of carbonyl (C=O) groups is 2. The fourth-order valence-corrected chi connectivity index (χ4v) is 8.39. The zero-order valence-electron chi connectivity index (χ0n) is 30.7. The number of aryl methyl sites for hydroxylation is 1. The molecule has 15 heteroatoms. The van der Waals surface area contributed by atoms with Crippen molar-refractivity contribution in [2.45, 2.75) is 98.3 Å². The smallest absolute Gasteiger partial charge is 0.319 e. The Hall–Kier alpha value is -3.76. The van der Waals surface area contributed by atoms with Gasteiger partial charge in [0.1, 0.15) is 5.84 Å². The Bertz CT molecular complexity index is 1690. The molecule has 3 rings (SSSR count). The lowest BCUT2D eigenvalue weighted by Crippen LogP contribution is -2.30. The van der Waals surface area contributed by atoms with Crippen LogP contribution in [0.15, 0.2) is 61.5 Å². The van der Waals surface area contributed by atoms with Crippen LogP contribution < -0.4 is 27.8 Å². The lowest BCUT2D eigenvalue weighted by Gasteiger charge is -2.26. The first kappa shape index (κ1) is 42.7. The first-order valence-electron chi connectivity index (χ1n) is 17.2. The fourth-order valence-electron chi connectivity index (χ4n) is 5.33. The summed E-state index contributed by atoms with van der Waals surface area (Å²) in [5.41, 5.74) is 20.5. The summed E-state index contributed by atoms with van der Waals surface area (Å²) in [7, 11) is 0. The molecule has 1 aromatic heterocycles. The summed E-state index contributed by atoms with van der Waals surface area (Å²) in [6.45, 7) is 9.66. The van der Waals surface area contributed by atoms with Crippen LogP contribution in [0.25, 0.3) is 11.1 Å². The number of nitrogen functional groups attached to an aromatic ring is 1. The van der Waals surface area contributed by atoms with Crippen molar-refractivity contribution in [2.24, 2.45) is 22.2 Å². The molecule has 0 aliphatic heterocycles. The number of urea groups is 1. The average molecular weight is 772 g/mol. The number of nitrogens with two attached hydrogens (primary N) is 3. The number of ether oxygens (including phenoxy) is 2. The zero-order chi connectivity index (χ0) is 38.3. The minimum atomic E-state index is -0.762. The molecule has 12 nitrogen and oxygen atoms in total. The van der Waals surface area contributed by atoms with E-state index in [4.69, 9.17) is 37.2 Å². The first-order valence-corrected chi connectivity index (χ1v) is 20.1. The van der Waals surface area contributed by atoms with Gasteiger partial charge >= 0.3 is 12.0 Å². The van der Waals surface area contributed by atoms with Crippen LogP contribution >= 0.6 is 34.9 Å². The van der Waals surface area contributed by atoms with Gasteiger partial charge in [0.05, 0.1) is 32.2 Å². The number of thioether (sulfide) groups is 1. The van der Waals surface area contributed by atoms with Crippen molar-refractivity contribution in [1.82, 2.24) is 5.32 Å². The van der Waals surface area contributed by atoms with Gasteiger partial charge in [-0.3, -0.25) is 10.2 Å². The van der Waals surface area contributed by atoms with Gasteiger partial charge in [0.2, 0.25) is 0 Å². The van der Waals surface area contributed by atoms with E-state index in [9.17, 15) is 9.59 Å². The highest BCUT2D eigenvalue weighted by molar-refractivity contribution is 8.03. The molecule has 1 atom stereocenters. The Kier molecular flexibility index (Phi) is 17.3. The van der Waals surface area contributed by atoms with E-state index in [0.717, 1.165) is 67.7 Å². The maximum atomic E-state index is 13.2. The van der Waals surface area contributed by atoms with Crippen molar-refractivity contribution in [2.75, 3.05) is 31.3 Å². The number of nitrogens with one attached hydrogen (secondary N) is 3. The van der Waals surface area contributed by atoms with Gasteiger partial charge in [0, 0.05) is 41.5 Å². The number of amides is 2. The molecular formula is C37H53N7O5S3. The molecule has 3 aromatic rings. The quantitative estimate of drug-likeness (QED) is 0.0227. The molecule has 1 unspecified atom stereocenters. The van der Waals surface area contributed by atoms with Gasteiger partial charge in [0.15, 0.2) is 5.96 Å². The summed E-state index contributed by atoms with van der Waals surface area (Å²) in [6.07, 6.45) is 6.80. The van der Waals surface area contributed by atoms with Crippen LogP contribution in [0.4, 0.5) is 16.2 Å². The Labute approximate surface area is 319 Å². The Morgan fingerprint density at radius 1 is 1.08 bits per heavy atom. The van der Waals surface area contributed by atoms with Crippen LogP contribution in [0.2, 0.25) is 0 Å². The van der Waals surface area contributed by atoms with Gasteiger partial charge < -0.3 is 42.4 Å². The number of unbranched alkanes of at least 4 members (excludes halogenated alkanes) is 2. The molecule has 0 saturated heterocycles. The van der Waals surface area contributed by atoms with Gasteiger partial charge in [-0.1, -0.05) is 30.3 Å². The normalized spacial score (nSPS) is 11.9. The highest BCUT2D eigenvalue weighted by atomic mass is 32.2. The molecule has 10 N–H and O–H groups in total. The number of carboxylic acids is 1. The molecular weight excluding hydrogens is 719 g/mol. The first-order chi connectivity index (χ1) is 24.7. The van der Waals surface area contributed by atoms with E-state index in [-0.39, 0.29) is 36.0 Å². The number of nitrogens with zero attached hydrogens (tertiary/aromatic N) is 1. The number of hydrogen-bond acceptors (Lipinski definition) is 9. The number of hydrogen-bond donors (Lipinski definition) is 7. The number of aliphatic carboxylic acids is 1. The van der Waals surface area contributed by atoms with Crippen LogP contribution in [0.3, 0.4) is 0 Å². The van der Waals surface area contributed by atoms with Crippen LogP contribution in [0, 0.1) is 12.3 Å². The Balaban J connectivity index is 1.57. The summed E-state index contributed by atoms with van der Waals surface area (Å²) in [5, 5.41) is 22.6. The summed E-state index contributed by atoms with van der Waals surface area (Å²) in [6, 6.07) is 13.3. The third-order valence-corrected chi connectivity index (χ3v) is 11.6. The van der Waals surface area contributed by atoms with Crippen LogP contribution in [0.5, 0.6) is 0 Å². The second-order valence-electron chi connectivity index (χ2n) is 13.0. The number of carbonyl (C=O) groups excluding carboxylic acids is 1. The highest BCUT2D eigenvalue weighted by Gasteiger charge is 2.19. The third-order valence-electron chi connectivity index (χ3n) is 8.00. The predicted octanol–water partition coefficient (Wildman–Crippen LogP) is 7.92. The van der Waals surface area contributed by atoms with Crippen LogP contribution in [-0.4, -0.2) is 66.6 Å². The Morgan fingerprint density at radius 2 is 1.85 bits per heavy atom. The number of carboxylic acid groups (broad SMARTS) is 1. The molecule has 52 heavy (non-hydrogen) atoms. The molecule has 0 spiro atoms. The number of thiophene rings is 1. The maximum absolute atomic E-state index is 13.2. The van der Waals surface area contributed by atoms with Crippen LogP contribution in [-0.2, 0) is 14.3 Å². The minimum absolute atomic E-state index is 0.0162. The van der Waals surface area contributed by atoms with E-state index in [2.05, 4.69) is 21.7 Å². The molecule has 2 aromatic carbocycles. The van der Waals surface area contributed by atoms with Crippen molar-refractivity contribution in [3.63, 3.8) is 0 Å². The highest BCUT2D eigenvalue weighted by Crippen LogP contribution is 2.42. The third kappa shape index (κ3) is 14.7. The fraction of sp³-hybridized carbons (Fsp3) is 0.459. The summed E-state index contributed by atoms with van der Waals surface area (Å²) < 4.78 is 13.1. The van der Waals surface area contributed by atoms with E-state index in [1.807, 2.05) is 64.3 Å². The lowest BCUT2D eigenvalue weighted by atomic mass is 9.97.